The van der Waals surface area contributed by atoms with Gasteiger partial charge in [-0.1, -0.05) is 38.6 Å². The topological polar surface area (TPSA) is 51.4 Å². The van der Waals surface area contributed by atoms with E-state index in [0.29, 0.717) is 32.4 Å². The van der Waals surface area contributed by atoms with Crippen molar-refractivity contribution in [3.8, 4) is 0 Å². The smallest absolute Gasteiger partial charge is 0.266 e. The Hall–Kier alpha value is -1.86. The average molecular weight is 493 g/mol. The fourth-order valence-corrected chi connectivity index (χ4v) is 4.89. The van der Waals surface area contributed by atoms with Crippen LogP contribution in [0.3, 0.4) is 0 Å². The summed E-state index contributed by atoms with van der Waals surface area (Å²) in [6, 6.07) is 6.72. The van der Waals surface area contributed by atoms with E-state index in [1.807, 2.05) is 19.9 Å². The lowest BCUT2D eigenvalue weighted by molar-refractivity contribution is 0.591. The number of rotatable bonds is 7. The van der Waals surface area contributed by atoms with E-state index < -0.39 is 10.8 Å². The lowest BCUT2D eigenvalue weighted by atomic mass is 10.0. The third kappa shape index (κ3) is 4.72. The maximum Gasteiger partial charge on any atom is 0.266 e. The zero-order chi connectivity index (χ0) is 22.0. The molecule has 0 spiro atoms. The molecule has 2 unspecified atom stereocenters. The third-order valence-electron chi connectivity index (χ3n) is 5.50. The van der Waals surface area contributed by atoms with Crippen molar-refractivity contribution in [2.24, 2.45) is 10.9 Å². The van der Waals surface area contributed by atoms with E-state index in [1.54, 1.807) is 24.5 Å². The maximum atomic E-state index is 14.8. The van der Waals surface area contributed by atoms with Crippen LogP contribution < -0.4 is 5.56 Å². The van der Waals surface area contributed by atoms with Crippen molar-refractivity contribution in [2.75, 3.05) is 6.26 Å². The molecule has 1 fully saturated rings. The second-order valence-corrected chi connectivity index (χ2v) is 9.84. The quantitative estimate of drug-likeness (QED) is 0.363. The second-order valence-electron chi connectivity index (χ2n) is 7.66. The standard InChI is InChI=1S/C23H26BrFN2O2S/c1-5-14(3)22(30(4)29)26-21-15(6-2)12-19(24)23(28)27(21)13-18-17(16-10-11-16)8-7-9-20(18)25/h6-9,12,14,16H,2,5,10-11,13H2,1,3-4H3. The zero-order valence-corrected chi connectivity index (χ0v) is 19.9. The highest BCUT2D eigenvalue weighted by atomic mass is 79.9. The summed E-state index contributed by atoms with van der Waals surface area (Å²) in [4.78, 5) is 17.8. The summed E-state index contributed by atoms with van der Waals surface area (Å²) in [5, 5.41) is 0.507. The lowest BCUT2D eigenvalue weighted by Crippen LogP contribution is -2.24. The minimum Gasteiger partial charge on any atom is -0.287 e. The predicted molar refractivity (Wildman–Crippen MR) is 127 cm³/mol. The molecular formula is C23H26BrFN2O2S. The molecule has 0 N–H and O–H groups in total. The highest BCUT2D eigenvalue weighted by molar-refractivity contribution is 9.10. The van der Waals surface area contributed by atoms with Crippen molar-refractivity contribution in [1.82, 2.24) is 4.57 Å². The highest BCUT2D eigenvalue weighted by Crippen LogP contribution is 2.42. The van der Waals surface area contributed by atoms with Crippen LogP contribution in [0.4, 0.5) is 10.2 Å². The van der Waals surface area contributed by atoms with Crippen LogP contribution in [0.5, 0.6) is 0 Å². The van der Waals surface area contributed by atoms with Gasteiger partial charge in [-0.05, 0) is 58.8 Å². The van der Waals surface area contributed by atoms with Gasteiger partial charge in [0.05, 0.1) is 21.8 Å². The molecule has 4 nitrogen and oxygen atoms in total. The molecule has 3 rings (SSSR count). The van der Waals surface area contributed by atoms with E-state index in [0.717, 1.165) is 24.8 Å². The number of hydrogen-bond acceptors (Lipinski definition) is 3. The second kappa shape index (κ2) is 9.52. The van der Waals surface area contributed by atoms with E-state index in [9.17, 15) is 13.4 Å². The van der Waals surface area contributed by atoms with Gasteiger partial charge < -0.3 is 0 Å². The number of benzene rings is 1. The van der Waals surface area contributed by atoms with E-state index in [-0.39, 0.29) is 23.8 Å². The van der Waals surface area contributed by atoms with Crippen LogP contribution in [-0.4, -0.2) is 20.1 Å². The van der Waals surface area contributed by atoms with Gasteiger partial charge in [0.2, 0.25) is 0 Å². The molecule has 1 aromatic carbocycles. The first-order chi connectivity index (χ1) is 14.3. The number of hydrogen-bond donors (Lipinski definition) is 0. The number of nitrogens with zero attached hydrogens (tertiary/aromatic N) is 2. The Morgan fingerprint density at radius 3 is 2.73 bits per heavy atom. The first kappa shape index (κ1) is 22.8. The number of aliphatic imine (C=N–C) groups is 1. The molecule has 0 radical (unpaired) electrons. The maximum absolute atomic E-state index is 14.8. The Kier molecular flexibility index (Phi) is 7.24. The number of pyridine rings is 1. The van der Waals surface area contributed by atoms with Crippen LogP contribution in [0.25, 0.3) is 6.08 Å². The molecule has 1 saturated carbocycles. The van der Waals surface area contributed by atoms with E-state index in [1.165, 1.54) is 10.6 Å². The van der Waals surface area contributed by atoms with Crippen LogP contribution in [0.1, 0.15) is 55.7 Å². The summed E-state index contributed by atoms with van der Waals surface area (Å²) >= 11 is 3.32. The Morgan fingerprint density at radius 2 is 2.17 bits per heavy atom. The number of halogens is 2. The molecule has 1 heterocycles. The van der Waals surface area contributed by atoms with Crippen LogP contribution in [-0.2, 0) is 17.3 Å². The van der Waals surface area contributed by atoms with Crippen molar-refractivity contribution >= 4 is 43.7 Å². The van der Waals surface area contributed by atoms with Crippen LogP contribution in [0, 0.1) is 11.7 Å². The summed E-state index contributed by atoms with van der Waals surface area (Å²) in [5.41, 5.74) is 1.76. The minimum absolute atomic E-state index is 0.0174. The summed E-state index contributed by atoms with van der Waals surface area (Å²) in [6.45, 7) is 7.85. The molecule has 7 heteroatoms. The molecule has 160 valence electrons. The normalized spacial score (nSPS) is 16.4. The molecule has 30 heavy (non-hydrogen) atoms. The van der Waals surface area contributed by atoms with Gasteiger partial charge in [-0.2, -0.15) is 0 Å². The van der Waals surface area contributed by atoms with Gasteiger partial charge in [-0.3, -0.25) is 13.6 Å². The van der Waals surface area contributed by atoms with Gasteiger partial charge in [0.25, 0.3) is 5.56 Å². The van der Waals surface area contributed by atoms with Gasteiger partial charge in [0, 0.05) is 23.3 Å². The molecule has 2 atom stereocenters. The molecule has 1 aromatic heterocycles. The lowest BCUT2D eigenvalue weighted by Gasteiger charge is -2.18. The van der Waals surface area contributed by atoms with E-state index >= 15 is 0 Å². The van der Waals surface area contributed by atoms with Crippen LogP contribution in [0.2, 0.25) is 0 Å². The zero-order valence-electron chi connectivity index (χ0n) is 17.5. The molecule has 1 aliphatic carbocycles. The van der Waals surface area contributed by atoms with Gasteiger partial charge in [0.1, 0.15) is 16.7 Å². The van der Waals surface area contributed by atoms with Crippen molar-refractivity contribution in [2.45, 2.75) is 45.6 Å². The predicted octanol–water partition coefficient (Wildman–Crippen LogP) is 5.77. The van der Waals surface area contributed by atoms with Crippen molar-refractivity contribution in [3.63, 3.8) is 0 Å². The molecule has 0 bridgehead atoms. The Morgan fingerprint density at radius 1 is 1.47 bits per heavy atom. The average Bonchev–Trinajstić information content (AvgIpc) is 3.56. The molecular weight excluding hydrogens is 467 g/mol. The fourth-order valence-electron chi connectivity index (χ4n) is 3.48. The Bertz CT molecular complexity index is 1090. The number of aromatic nitrogens is 1. The SMILES string of the molecule is C=Cc1cc(Br)c(=O)n(Cc2c(F)cccc2C2CC2)c1N=C(C(C)CC)S(C)=O. The first-order valence-corrected chi connectivity index (χ1v) is 12.4. The van der Waals surface area contributed by atoms with Gasteiger partial charge in [-0.25, -0.2) is 9.38 Å². The highest BCUT2D eigenvalue weighted by Gasteiger charge is 2.28. The summed E-state index contributed by atoms with van der Waals surface area (Å²) < 4.78 is 29.0. The molecule has 0 aliphatic heterocycles. The molecule has 2 aromatic rings. The van der Waals surface area contributed by atoms with Crippen molar-refractivity contribution < 1.29 is 8.60 Å². The monoisotopic (exact) mass is 492 g/mol. The largest absolute Gasteiger partial charge is 0.287 e. The van der Waals surface area contributed by atoms with Crippen LogP contribution in [0.15, 0.2) is 45.1 Å². The molecule has 0 amide bonds. The fraction of sp³-hybridized carbons (Fsp3) is 0.391. The third-order valence-corrected chi connectivity index (χ3v) is 7.15. The first-order valence-electron chi connectivity index (χ1n) is 10.0. The van der Waals surface area contributed by atoms with Crippen molar-refractivity contribution in [3.05, 3.63) is 68.2 Å². The molecule has 1 aliphatic rings. The minimum atomic E-state index is -1.30. The van der Waals surface area contributed by atoms with Crippen molar-refractivity contribution in [1.29, 1.82) is 0 Å². The van der Waals surface area contributed by atoms with E-state index in [4.69, 9.17) is 0 Å². The Balaban J connectivity index is 2.25. The Labute approximate surface area is 187 Å². The van der Waals surface area contributed by atoms with Gasteiger partial charge >= 0.3 is 0 Å². The summed E-state index contributed by atoms with van der Waals surface area (Å²) in [5.74, 6) is 0.343. The molecule has 0 saturated heterocycles. The van der Waals surface area contributed by atoms with Gasteiger partial charge in [0.15, 0.2) is 0 Å². The van der Waals surface area contributed by atoms with Crippen LogP contribution >= 0.6 is 15.9 Å². The summed E-state index contributed by atoms with van der Waals surface area (Å²) in [6.07, 6.45) is 6.01. The summed E-state index contributed by atoms with van der Waals surface area (Å²) in [7, 11) is -1.30. The van der Waals surface area contributed by atoms with E-state index in [2.05, 4.69) is 27.5 Å². The van der Waals surface area contributed by atoms with Gasteiger partial charge in [-0.15, -0.1) is 0 Å².